The largest absolute Gasteiger partial charge is 0.472 e. The predicted molar refractivity (Wildman–Crippen MR) is 409 cm³/mol. The molecule has 5 unspecified atom stereocenters. The summed E-state index contributed by atoms with van der Waals surface area (Å²) >= 11 is 0. The maximum absolute atomic E-state index is 13.1. The Morgan fingerprint density at radius 1 is 0.290 bits per heavy atom. The summed E-state index contributed by atoms with van der Waals surface area (Å²) in [5, 5.41) is 10.6. The van der Waals surface area contributed by atoms with Crippen molar-refractivity contribution in [3.8, 4) is 0 Å². The Kier molecular flexibility index (Phi) is 71.2. The molecule has 0 aliphatic carbocycles. The fourth-order valence-electron chi connectivity index (χ4n) is 11.0. The van der Waals surface area contributed by atoms with Gasteiger partial charge in [-0.3, -0.25) is 37.3 Å². The maximum atomic E-state index is 13.1. The molecule has 0 aliphatic heterocycles. The number of allylic oxidation sites excluding steroid dienone is 12. The highest BCUT2D eigenvalue weighted by Crippen LogP contribution is 2.45. The van der Waals surface area contributed by atoms with Crippen LogP contribution in [0.1, 0.15) is 362 Å². The molecule has 17 nitrogen and oxygen atoms in total. The number of carbonyl (C=O) groups excluding carboxylic acids is 4. The molecule has 0 aliphatic rings. The molecule has 582 valence electrons. The standard InChI is InChI=1S/C81H146O17P2/c1-5-9-13-17-21-25-29-33-36-37-40-43-46-50-54-58-62-66-79(84)92-71-76(97-80(85)67-63-59-55-51-47-41-32-28-24-20-16-12-8-4)73-95-99(87,88)93-69-75(82)70-94-100(89,90)96-74-77(98-81(86)68-64-60-56-52-48-44-39-35-31-27-23-19-15-11-7-3)72-91-78(83)65-61-57-53-49-45-42-38-34-30-26-22-18-14-10-6-2/h9,13,21-22,25-26,28,32-34,36,38,75-77,82H,5-8,10-12,14-20,23-24,27,29-31,35,37,39-74H2,1-4H3,(H,87,88)(H,89,90)/b13-9-,25-21-,26-22-,32-28-,36-33-,38-34-. The van der Waals surface area contributed by atoms with E-state index in [1.54, 1.807) is 0 Å². The van der Waals surface area contributed by atoms with Crippen LogP contribution in [0.4, 0.5) is 0 Å². The highest BCUT2D eigenvalue weighted by atomic mass is 31.2. The first-order valence-electron chi connectivity index (χ1n) is 40.2. The van der Waals surface area contributed by atoms with Crippen LogP contribution in [0.5, 0.6) is 0 Å². The van der Waals surface area contributed by atoms with E-state index in [9.17, 15) is 43.2 Å². The predicted octanol–water partition coefficient (Wildman–Crippen LogP) is 23.2. The number of aliphatic hydroxyl groups excluding tert-OH is 1. The van der Waals surface area contributed by atoms with E-state index in [0.717, 1.165) is 173 Å². The Hall–Kier alpha value is -3.50. The summed E-state index contributed by atoms with van der Waals surface area (Å²) in [4.78, 5) is 73.0. The quantitative estimate of drug-likeness (QED) is 0.0169. The molecule has 0 heterocycles. The zero-order valence-electron chi connectivity index (χ0n) is 63.6. The van der Waals surface area contributed by atoms with E-state index in [4.69, 9.17) is 37.0 Å². The van der Waals surface area contributed by atoms with Gasteiger partial charge in [-0.15, -0.1) is 0 Å². The van der Waals surface area contributed by atoms with E-state index in [1.807, 2.05) is 0 Å². The van der Waals surface area contributed by atoms with Crippen molar-refractivity contribution < 1.29 is 80.2 Å². The van der Waals surface area contributed by atoms with Crippen LogP contribution >= 0.6 is 15.6 Å². The van der Waals surface area contributed by atoms with E-state index in [0.29, 0.717) is 25.7 Å². The van der Waals surface area contributed by atoms with Gasteiger partial charge >= 0.3 is 39.5 Å². The zero-order valence-corrected chi connectivity index (χ0v) is 65.4. The third-order valence-corrected chi connectivity index (χ3v) is 19.1. The van der Waals surface area contributed by atoms with Gasteiger partial charge in [-0.25, -0.2) is 9.13 Å². The molecule has 5 atom stereocenters. The van der Waals surface area contributed by atoms with Crippen LogP contribution in [0.25, 0.3) is 0 Å². The zero-order chi connectivity index (χ0) is 73.2. The van der Waals surface area contributed by atoms with E-state index in [1.165, 1.54) is 109 Å². The molecule has 19 heteroatoms. The number of hydrogen-bond acceptors (Lipinski definition) is 15. The number of phosphoric acid groups is 2. The molecule has 0 radical (unpaired) electrons. The van der Waals surface area contributed by atoms with Crippen molar-refractivity contribution in [2.24, 2.45) is 0 Å². The van der Waals surface area contributed by atoms with E-state index in [2.05, 4.69) is 101 Å². The second kappa shape index (κ2) is 73.8. The lowest BCUT2D eigenvalue weighted by Gasteiger charge is -2.21. The lowest BCUT2D eigenvalue weighted by Crippen LogP contribution is -2.30. The first-order chi connectivity index (χ1) is 48.7. The van der Waals surface area contributed by atoms with E-state index in [-0.39, 0.29) is 25.7 Å². The third kappa shape index (κ3) is 72.8. The highest BCUT2D eigenvalue weighted by Gasteiger charge is 2.30. The first-order valence-corrected chi connectivity index (χ1v) is 43.2. The molecule has 0 aromatic heterocycles. The summed E-state index contributed by atoms with van der Waals surface area (Å²) in [6.07, 6.45) is 74.4. The average Bonchev–Trinajstić information content (AvgIpc) is 0.965. The van der Waals surface area contributed by atoms with Crippen molar-refractivity contribution in [1.29, 1.82) is 0 Å². The van der Waals surface area contributed by atoms with Gasteiger partial charge in [0.05, 0.1) is 26.4 Å². The number of esters is 4. The van der Waals surface area contributed by atoms with Crippen molar-refractivity contribution in [3.63, 3.8) is 0 Å². The van der Waals surface area contributed by atoms with Gasteiger partial charge in [-0.1, -0.05) is 293 Å². The van der Waals surface area contributed by atoms with Crippen LogP contribution in [0.2, 0.25) is 0 Å². The summed E-state index contributed by atoms with van der Waals surface area (Å²) in [7, 11) is -9.95. The van der Waals surface area contributed by atoms with Crippen molar-refractivity contribution in [1.82, 2.24) is 0 Å². The van der Waals surface area contributed by atoms with Crippen LogP contribution in [0.3, 0.4) is 0 Å². The van der Waals surface area contributed by atoms with Gasteiger partial charge < -0.3 is 33.8 Å². The highest BCUT2D eigenvalue weighted by molar-refractivity contribution is 7.47. The third-order valence-electron chi connectivity index (χ3n) is 17.2. The van der Waals surface area contributed by atoms with Gasteiger partial charge in [0.25, 0.3) is 0 Å². The van der Waals surface area contributed by atoms with Crippen LogP contribution in [-0.2, 0) is 65.4 Å². The van der Waals surface area contributed by atoms with Crippen LogP contribution in [0.15, 0.2) is 72.9 Å². The number of phosphoric ester groups is 2. The van der Waals surface area contributed by atoms with Gasteiger partial charge in [0, 0.05) is 25.7 Å². The van der Waals surface area contributed by atoms with E-state index >= 15 is 0 Å². The molecule has 0 rings (SSSR count). The van der Waals surface area contributed by atoms with Gasteiger partial charge in [-0.2, -0.15) is 0 Å². The minimum absolute atomic E-state index is 0.0851. The molecule has 0 saturated carbocycles. The molecule has 0 fully saturated rings. The maximum Gasteiger partial charge on any atom is 0.472 e. The Morgan fingerprint density at radius 3 is 0.840 bits per heavy atom. The van der Waals surface area contributed by atoms with Gasteiger partial charge in [0.15, 0.2) is 12.2 Å². The number of ether oxygens (including phenoxy) is 4. The Labute approximate surface area is 609 Å². The molecular weight excluding hydrogens is 1310 g/mol. The Morgan fingerprint density at radius 2 is 0.520 bits per heavy atom. The van der Waals surface area contributed by atoms with Crippen molar-refractivity contribution in [3.05, 3.63) is 72.9 Å². The van der Waals surface area contributed by atoms with Crippen LogP contribution in [-0.4, -0.2) is 96.7 Å². The molecular formula is C81H146O17P2. The van der Waals surface area contributed by atoms with Crippen molar-refractivity contribution in [2.75, 3.05) is 39.6 Å². The van der Waals surface area contributed by atoms with Gasteiger partial charge in [0.2, 0.25) is 0 Å². The monoisotopic (exact) mass is 1450 g/mol. The summed E-state index contributed by atoms with van der Waals surface area (Å²) in [5.74, 6) is -2.18. The molecule has 100 heavy (non-hydrogen) atoms. The molecule has 0 bridgehead atoms. The summed E-state index contributed by atoms with van der Waals surface area (Å²) in [6.45, 7) is 4.76. The van der Waals surface area contributed by atoms with E-state index < -0.39 is 97.5 Å². The van der Waals surface area contributed by atoms with Gasteiger partial charge in [-0.05, 0) is 116 Å². The summed E-state index contributed by atoms with van der Waals surface area (Å²) in [6, 6.07) is 0. The van der Waals surface area contributed by atoms with Crippen LogP contribution in [0, 0.1) is 0 Å². The number of carbonyl (C=O) groups is 4. The summed E-state index contributed by atoms with van der Waals surface area (Å²) < 4.78 is 68.6. The molecule has 0 aromatic carbocycles. The summed E-state index contributed by atoms with van der Waals surface area (Å²) in [5.41, 5.74) is 0. The Balaban J connectivity index is 5.33. The molecule has 0 amide bonds. The molecule has 0 saturated heterocycles. The molecule has 0 spiro atoms. The molecule has 3 N–H and O–H groups in total. The lowest BCUT2D eigenvalue weighted by atomic mass is 10.0. The number of aliphatic hydroxyl groups is 1. The number of rotatable bonds is 76. The minimum atomic E-state index is -4.97. The van der Waals surface area contributed by atoms with Gasteiger partial charge in [0.1, 0.15) is 19.3 Å². The Bertz CT molecular complexity index is 2180. The second-order valence-electron chi connectivity index (χ2n) is 27.0. The smallest absolute Gasteiger partial charge is 0.462 e. The number of hydrogen-bond donors (Lipinski definition) is 3. The van der Waals surface area contributed by atoms with Crippen molar-refractivity contribution in [2.45, 2.75) is 380 Å². The number of unbranched alkanes of at least 4 members (excludes halogenated alkanes) is 38. The second-order valence-corrected chi connectivity index (χ2v) is 29.9. The fourth-order valence-corrected chi connectivity index (χ4v) is 12.6. The topological polar surface area (TPSA) is 237 Å². The average molecular weight is 1450 g/mol. The van der Waals surface area contributed by atoms with Crippen LogP contribution < -0.4 is 0 Å². The normalized spacial score (nSPS) is 14.3. The van der Waals surface area contributed by atoms with Crippen molar-refractivity contribution >= 4 is 39.5 Å². The lowest BCUT2D eigenvalue weighted by molar-refractivity contribution is -0.161. The first kappa shape index (κ1) is 96.5. The SMILES string of the molecule is CC/C=C\C/C=C\C/C=C\CCCCCCCCCC(=O)OCC(COP(=O)(O)OCC(O)COP(=O)(O)OCC(COC(=O)CCCCCCC/C=C\C/C=C\CCCCC)OC(=O)CCCCCCCCCCCCCCCCC)OC(=O)CCCCCCC/C=C\CCCCCC. The minimum Gasteiger partial charge on any atom is -0.462 e. The fraction of sp³-hybridized carbons (Fsp3) is 0.802. The molecule has 0 aromatic rings.